The van der Waals surface area contributed by atoms with Gasteiger partial charge in [-0.15, -0.1) is 0 Å². The molecule has 1 heterocycles. The average molecular weight is 349 g/mol. The summed E-state index contributed by atoms with van der Waals surface area (Å²) in [5.41, 5.74) is -1.21. The van der Waals surface area contributed by atoms with Crippen LogP contribution in [-0.4, -0.2) is 11.9 Å². The van der Waals surface area contributed by atoms with Crippen LogP contribution in [0.2, 0.25) is 0 Å². The highest BCUT2D eigenvalue weighted by atomic mass is 16.6. The van der Waals surface area contributed by atoms with Crippen molar-refractivity contribution in [1.29, 1.82) is 0 Å². The molecule has 0 aromatic rings. The Hall–Kier alpha value is -0.860. The maximum Gasteiger partial charge on any atom is 0.321 e. The first-order valence-corrected chi connectivity index (χ1v) is 10.7. The lowest BCUT2D eigenvalue weighted by atomic mass is 9.48. The Labute approximate surface area is 153 Å². The summed E-state index contributed by atoms with van der Waals surface area (Å²) < 4.78 is 5.45. The minimum absolute atomic E-state index is 0.182. The molecule has 3 fully saturated rings. The molecule has 3 unspecified atom stereocenters. The van der Waals surface area contributed by atoms with Crippen molar-refractivity contribution >= 4 is 11.9 Å². The van der Waals surface area contributed by atoms with Gasteiger partial charge in [0.05, 0.1) is 10.8 Å². The fourth-order valence-electron chi connectivity index (χ4n) is 6.50. The van der Waals surface area contributed by atoms with Crippen LogP contribution in [0.5, 0.6) is 0 Å². The van der Waals surface area contributed by atoms with Gasteiger partial charge in [-0.05, 0) is 50.4 Å². The summed E-state index contributed by atoms with van der Waals surface area (Å²) in [6.07, 6.45) is 13.7. The van der Waals surface area contributed by atoms with Gasteiger partial charge in [0, 0.05) is 0 Å². The molecule has 1 aliphatic heterocycles. The molecule has 0 N–H and O–H groups in total. The van der Waals surface area contributed by atoms with Crippen molar-refractivity contribution in [2.45, 2.75) is 97.8 Å². The van der Waals surface area contributed by atoms with E-state index in [1.54, 1.807) is 0 Å². The second-order valence-corrected chi connectivity index (χ2v) is 9.34. The third kappa shape index (κ3) is 2.96. The van der Waals surface area contributed by atoms with E-state index < -0.39 is 10.8 Å². The van der Waals surface area contributed by atoms with E-state index in [2.05, 4.69) is 20.8 Å². The van der Waals surface area contributed by atoms with Gasteiger partial charge >= 0.3 is 11.9 Å². The summed E-state index contributed by atoms with van der Waals surface area (Å²) in [5.74, 6) is 0.557. The normalized spacial score (nSPS) is 38.5. The van der Waals surface area contributed by atoms with Crippen molar-refractivity contribution in [3.05, 3.63) is 0 Å². The fourth-order valence-corrected chi connectivity index (χ4v) is 6.50. The Kier molecular flexibility index (Phi) is 5.60. The molecule has 25 heavy (non-hydrogen) atoms. The quantitative estimate of drug-likeness (QED) is 0.478. The lowest BCUT2D eigenvalue weighted by molar-refractivity contribution is -0.157. The van der Waals surface area contributed by atoms with Crippen LogP contribution in [0.15, 0.2) is 0 Å². The minimum Gasteiger partial charge on any atom is -0.392 e. The van der Waals surface area contributed by atoms with E-state index in [0.717, 1.165) is 32.1 Å². The predicted molar refractivity (Wildman–Crippen MR) is 98.9 cm³/mol. The molecular formula is C22H36O3. The summed E-state index contributed by atoms with van der Waals surface area (Å²) in [6, 6.07) is 0. The molecule has 0 aromatic heterocycles. The van der Waals surface area contributed by atoms with E-state index in [-0.39, 0.29) is 17.9 Å². The van der Waals surface area contributed by atoms with Gasteiger partial charge in [0.15, 0.2) is 0 Å². The van der Waals surface area contributed by atoms with Crippen molar-refractivity contribution < 1.29 is 14.3 Å². The van der Waals surface area contributed by atoms with Crippen molar-refractivity contribution in [2.24, 2.45) is 28.6 Å². The van der Waals surface area contributed by atoms with E-state index in [0.29, 0.717) is 11.8 Å². The van der Waals surface area contributed by atoms with Gasteiger partial charge in [0.1, 0.15) is 0 Å². The number of carbonyl (C=O) groups excluding carboxylic acids is 2. The summed E-state index contributed by atoms with van der Waals surface area (Å²) >= 11 is 0. The molecule has 3 aliphatic rings. The fraction of sp³-hybridized carbons (Fsp3) is 0.909. The van der Waals surface area contributed by atoms with Gasteiger partial charge in [0.2, 0.25) is 0 Å². The molecule has 0 bridgehead atoms. The number of ether oxygens (including phenoxy) is 1. The smallest absolute Gasteiger partial charge is 0.321 e. The molecular weight excluding hydrogens is 312 g/mol. The van der Waals surface area contributed by atoms with E-state index in [9.17, 15) is 9.59 Å². The van der Waals surface area contributed by atoms with Gasteiger partial charge in [-0.25, -0.2) is 0 Å². The maximum absolute atomic E-state index is 13.2. The summed E-state index contributed by atoms with van der Waals surface area (Å²) in [7, 11) is 0. The Balaban J connectivity index is 2.08. The Bertz CT molecular complexity index is 503. The van der Waals surface area contributed by atoms with Crippen LogP contribution in [0.25, 0.3) is 0 Å². The zero-order valence-electron chi connectivity index (χ0n) is 16.4. The highest BCUT2D eigenvalue weighted by Gasteiger charge is 2.70. The molecule has 0 spiro atoms. The van der Waals surface area contributed by atoms with Crippen molar-refractivity contribution in [3.8, 4) is 0 Å². The number of rotatable bonds is 2. The first-order valence-electron chi connectivity index (χ1n) is 10.7. The summed E-state index contributed by atoms with van der Waals surface area (Å²) in [6.45, 7) is 6.53. The molecule has 3 heteroatoms. The monoisotopic (exact) mass is 348 g/mol. The van der Waals surface area contributed by atoms with Crippen LogP contribution in [0.4, 0.5) is 0 Å². The standard InChI is InChI=1S/C22H36O3/c1-16(2)18-14-10-7-11-15-22(17-12-8-5-4-6-9-13-17)20(24)25-19(23)21(18,22)3/h16-18H,4-15H2,1-3H3. The molecule has 2 saturated carbocycles. The van der Waals surface area contributed by atoms with Crippen LogP contribution < -0.4 is 0 Å². The topological polar surface area (TPSA) is 43.4 Å². The van der Waals surface area contributed by atoms with Gasteiger partial charge in [-0.2, -0.15) is 0 Å². The number of hydrogen-bond acceptors (Lipinski definition) is 3. The molecule has 1 saturated heterocycles. The third-order valence-electron chi connectivity index (χ3n) is 7.84. The molecule has 0 amide bonds. The largest absolute Gasteiger partial charge is 0.392 e. The van der Waals surface area contributed by atoms with Crippen LogP contribution in [0.1, 0.15) is 97.8 Å². The van der Waals surface area contributed by atoms with E-state index in [1.807, 2.05) is 0 Å². The minimum atomic E-state index is -0.636. The zero-order chi connectivity index (χ0) is 18.1. The molecule has 3 nitrogen and oxygen atoms in total. The van der Waals surface area contributed by atoms with Crippen LogP contribution in [0.3, 0.4) is 0 Å². The number of cyclic esters (lactones) is 2. The van der Waals surface area contributed by atoms with Crippen molar-refractivity contribution in [2.75, 3.05) is 0 Å². The zero-order valence-corrected chi connectivity index (χ0v) is 16.4. The van der Waals surface area contributed by atoms with Crippen LogP contribution in [0, 0.1) is 28.6 Å². The van der Waals surface area contributed by atoms with Crippen LogP contribution in [-0.2, 0) is 14.3 Å². The van der Waals surface area contributed by atoms with Crippen molar-refractivity contribution in [3.63, 3.8) is 0 Å². The molecule has 3 atom stereocenters. The predicted octanol–water partition coefficient (Wildman–Crippen LogP) is 5.66. The van der Waals surface area contributed by atoms with E-state index in [1.165, 1.54) is 44.9 Å². The van der Waals surface area contributed by atoms with E-state index >= 15 is 0 Å². The summed E-state index contributed by atoms with van der Waals surface area (Å²) in [4.78, 5) is 26.3. The Morgan fingerprint density at radius 1 is 0.840 bits per heavy atom. The van der Waals surface area contributed by atoms with E-state index in [4.69, 9.17) is 4.74 Å². The van der Waals surface area contributed by atoms with Gasteiger partial charge in [0.25, 0.3) is 0 Å². The molecule has 0 aromatic carbocycles. The Morgan fingerprint density at radius 2 is 1.40 bits per heavy atom. The molecule has 2 aliphatic carbocycles. The highest BCUT2D eigenvalue weighted by molar-refractivity contribution is 6.02. The van der Waals surface area contributed by atoms with Crippen molar-refractivity contribution in [1.82, 2.24) is 0 Å². The van der Waals surface area contributed by atoms with Gasteiger partial charge < -0.3 is 4.74 Å². The summed E-state index contributed by atoms with van der Waals surface area (Å²) in [5, 5.41) is 0. The lowest BCUT2D eigenvalue weighted by Crippen LogP contribution is -2.54. The van der Waals surface area contributed by atoms with Gasteiger partial charge in [-0.3, -0.25) is 9.59 Å². The second-order valence-electron chi connectivity index (χ2n) is 9.34. The molecule has 142 valence electrons. The number of esters is 2. The average Bonchev–Trinajstić information content (AvgIpc) is 2.69. The number of fused-ring (bicyclic) bond motifs is 1. The first-order chi connectivity index (χ1) is 11.9. The third-order valence-corrected chi connectivity index (χ3v) is 7.84. The highest BCUT2D eigenvalue weighted by Crippen LogP contribution is 2.63. The second kappa shape index (κ2) is 7.40. The molecule has 3 rings (SSSR count). The number of carbonyl (C=O) groups is 2. The molecule has 0 radical (unpaired) electrons. The van der Waals surface area contributed by atoms with Crippen LogP contribution >= 0.6 is 0 Å². The maximum atomic E-state index is 13.2. The SMILES string of the molecule is CC(C)C1CCCCCC2(C3CCCCCCC3)C(=O)OC(=O)C12C. The first kappa shape index (κ1) is 18.9. The Morgan fingerprint density at radius 3 is 2.04 bits per heavy atom. The lowest BCUT2D eigenvalue weighted by Gasteiger charge is -2.50. The van der Waals surface area contributed by atoms with Gasteiger partial charge in [-0.1, -0.05) is 65.2 Å². The number of hydrogen-bond donors (Lipinski definition) is 0.